The molecule has 0 aliphatic carbocycles. The Kier molecular flexibility index (Phi) is 4.84. The predicted molar refractivity (Wildman–Crippen MR) is 109 cm³/mol. The number of carbonyl (C=O) groups excluding carboxylic acids is 3. The summed E-state index contributed by atoms with van der Waals surface area (Å²) in [4.78, 5) is 40.3. The molecule has 1 saturated heterocycles. The SMILES string of the molecule is CCOC(=O)C1=NN(c2ccccc2)C2C(=O)N(c3cccc(Cl)c3C)C(=O)C12. The lowest BCUT2D eigenvalue weighted by Crippen LogP contribution is -2.39. The number of rotatable bonds is 4. The highest BCUT2D eigenvalue weighted by atomic mass is 35.5. The molecule has 0 bridgehead atoms. The first-order chi connectivity index (χ1) is 14.0. The lowest BCUT2D eigenvalue weighted by molar-refractivity contribution is -0.136. The highest BCUT2D eigenvalue weighted by Gasteiger charge is 2.59. The maximum atomic E-state index is 13.4. The largest absolute Gasteiger partial charge is 0.461 e. The number of anilines is 2. The quantitative estimate of drug-likeness (QED) is 0.571. The third-order valence-corrected chi connectivity index (χ3v) is 5.44. The molecule has 148 valence electrons. The molecule has 0 spiro atoms. The van der Waals surface area contributed by atoms with Gasteiger partial charge in [-0.05, 0) is 43.7 Å². The molecular formula is C21H18ClN3O4. The van der Waals surface area contributed by atoms with Crippen LogP contribution in [-0.4, -0.2) is 36.1 Å². The van der Waals surface area contributed by atoms with Crippen molar-refractivity contribution >= 4 is 46.5 Å². The van der Waals surface area contributed by atoms with Crippen molar-refractivity contribution in [2.24, 2.45) is 11.0 Å². The van der Waals surface area contributed by atoms with Gasteiger partial charge in [-0.15, -0.1) is 0 Å². The third-order valence-electron chi connectivity index (χ3n) is 5.03. The Labute approximate surface area is 172 Å². The Balaban J connectivity index is 1.82. The summed E-state index contributed by atoms with van der Waals surface area (Å²) in [6, 6.07) is 13.0. The zero-order valence-corrected chi connectivity index (χ0v) is 16.6. The van der Waals surface area contributed by atoms with E-state index in [1.54, 1.807) is 56.3 Å². The normalized spacial score (nSPS) is 20.7. The number of carbonyl (C=O) groups is 3. The molecule has 1 fully saturated rings. The summed E-state index contributed by atoms with van der Waals surface area (Å²) in [7, 11) is 0. The van der Waals surface area contributed by atoms with Gasteiger partial charge in [0.15, 0.2) is 5.71 Å². The third kappa shape index (κ3) is 2.98. The molecule has 2 aromatic carbocycles. The highest BCUT2D eigenvalue weighted by Crippen LogP contribution is 2.39. The number of halogens is 1. The van der Waals surface area contributed by atoms with Crippen LogP contribution in [0.5, 0.6) is 0 Å². The molecule has 0 N–H and O–H groups in total. The van der Waals surface area contributed by atoms with E-state index >= 15 is 0 Å². The van der Waals surface area contributed by atoms with Crippen LogP contribution in [0.25, 0.3) is 0 Å². The Hall–Kier alpha value is -3.19. The van der Waals surface area contributed by atoms with Gasteiger partial charge in [0.05, 0.1) is 18.0 Å². The number of hydrogen-bond acceptors (Lipinski definition) is 6. The van der Waals surface area contributed by atoms with E-state index in [1.165, 1.54) is 5.01 Å². The monoisotopic (exact) mass is 411 g/mol. The molecule has 7 nitrogen and oxygen atoms in total. The second kappa shape index (κ2) is 7.33. The summed E-state index contributed by atoms with van der Waals surface area (Å²) < 4.78 is 5.09. The molecule has 2 aliphatic rings. The molecule has 2 atom stereocenters. The van der Waals surface area contributed by atoms with Crippen LogP contribution in [0.3, 0.4) is 0 Å². The lowest BCUT2D eigenvalue weighted by atomic mass is 9.98. The van der Waals surface area contributed by atoms with E-state index in [0.29, 0.717) is 22.0 Å². The van der Waals surface area contributed by atoms with Crippen LogP contribution in [-0.2, 0) is 19.1 Å². The summed E-state index contributed by atoms with van der Waals surface area (Å²) in [5.74, 6) is -2.72. The number of hydrogen-bond donors (Lipinski definition) is 0. The van der Waals surface area contributed by atoms with Gasteiger partial charge in [0.25, 0.3) is 5.91 Å². The van der Waals surface area contributed by atoms with Crippen molar-refractivity contribution in [3.8, 4) is 0 Å². The van der Waals surface area contributed by atoms with Crippen LogP contribution < -0.4 is 9.91 Å². The molecule has 2 amide bonds. The molecule has 8 heteroatoms. The van der Waals surface area contributed by atoms with Gasteiger partial charge >= 0.3 is 5.97 Å². The molecule has 0 saturated carbocycles. The zero-order valence-electron chi connectivity index (χ0n) is 15.8. The van der Waals surface area contributed by atoms with Gasteiger partial charge in [0.1, 0.15) is 12.0 Å². The smallest absolute Gasteiger partial charge is 0.355 e. The van der Waals surface area contributed by atoms with Crippen molar-refractivity contribution < 1.29 is 19.1 Å². The number of imide groups is 1. The highest BCUT2D eigenvalue weighted by molar-refractivity contribution is 6.47. The van der Waals surface area contributed by atoms with E-state index in [0.717, 1.165) is 4.90 Å². The van der Waals surface area contributed by atoms with Crippen LogP contribution in [0.15, 0.2) is 53.6 Å². The van der Waals surface area contributed by atoms with Crippen molar-refractivity contribution in [3.63, 3.8) is 0 Å². The first-order valence-corrected chi connectivity index (χ1v) is 9.56. The molecule has 0 aromatic heterocycles. The first kappa shape index (κ1) is 19.1. The standard InChI is InChI=1S/C21H18ClN3O4/c1-3-29-21(28)17-16-18(25(23-17)13-8-5-4-6-9-13)20(27)24(19(16)26)15-11-7-10-14(22)12(15)2/h4-11,16,18H,3H2,1-2H3. The Morgan fingerprint density at radius 2 is 1.83 bits per heavy atom. The van der Waals surface area contributed by atoms with Gasteiger partial charge in [0.2, 0.25) is 5.91 Å². The molecular weight excluding hydrogens is 394 g/mol. The Bertz CT molecular complexity index is 1040. The average Bonchev–Trinajstić information content (AvgIpc) is 3.23. The molecule has 4 rings (SSSR count). The lowest BCUT2D eigenvalue weighted by Gasteiger charge is -2.23. The second-order valence-electron chi connectivity index (χ2n) is 6.70. The summed E-state index contributed by atoms with van der Waals surface area (Å²) in [5, 5.41) is 6.18. The number of amides is 2. The summed E-state index contributed by atoms with van der Waals surface area (Å²) >= 11 is 6.20. The number of nitrogens with zero attached hydrogens (tertiary/aromatic N) is 3. The molecule has 29 heavy (non-hydrogen) atoms. The fourth-order valence-electron chi connectivity index (χ4n) is 3.66. The van der Waals surface area contributed by atoms with Gasteiger partial charge in [-0.1, -0.05) is 35.9 Å². The topological polar surface area (TPSA) is 79.3 Å². The van der Waals surface area contributed by atoms with Crippen LogP contribution in [0, 0.1) is 12.8 Å². The molecule has 0 radical (unpaired) electrons. The first-order valence-electron chi connectivity index (χ1n) is 9.18. The number of esters is 1. The fraction of sp³-hybridized carbons (Fsp3) is 0.238. The second-order valence-corrected chi connectivity index (χ2v) is 7.11. The minimum atomic E-state index is -1.04. The van der Waals surface area contributed by atoms with E-state index in [9.17, 15) is 14.4 Å². The number of para-hydroxylation sites is 1. The molecule has 2 unspecified atom stereocenters. The molecule has 2 heterocycles. The van der Waals surface area contributed by atoms with Gasteiger partial charge in [-0.25, -0.2) is 9.69 Å². The Morgan fingerprint density at radius 3 is 2.52 bits per heavy atom. The van der Waals surface area contributed by atoms with Crippen molar-refractivity contribution in [3.05, 3.63) is 59.1 Å². The van der Waals surface area contributed by atoms with E-state index in [4.69, 9.17) is 16.3 Å². The van der Waals surface area contributed by atoms with Crippen LogP contribution >= 0.6 is 11.6 Å². The predicted octanol–water partition coefficient (Wildman–Crippen LogP) is 2.95. The van der Waals surface area contributed by atoms with Crippen molar-refractivity contribution in [2.45, 2.75) is 19.9 Å². The summed E-state index contributed by atoms with van der Waals surface area (Å²) in [6.07, 6.45) is 0. The van der Waals surface area contributed by atoms with Crippen molar-refractivity contribution in [2.75, 3.05) is 16.5 Å². The van der Waals surface area contributed by atoms with E-state index < -0.39 is 29.7 Å². The van der Waals surface area contributed by atoms with Crippen molar-refractivity contribution in [1.29, 1.82) is 0 Å². The van der Waals surface area contributed by atoms with Gasteiger partial charge < -0.3 is 4.74 Å². The minimum Gasteiger partial charge on any atom is -0.461 e. The summed E-state index contributed by atoms with van der Waals surface area (Å²) in [6.45, 7) is 3.55. The maximum absolute atomic E-state index is 13.4. The summed E-state index contributed by atoms with van der Waals surface area (Å²) in [5.41, 5.74) is 1.55. The van der Waals surface area contributed by atoms with Crippen LogP contribution in [0.4, 0.5) is 11.4 Å². The average molecular weight is 412 g/mol. The number of ether oxygens (including phenoxy) is 1. The van der Waals surface area contributed by atoms with Gasteiger partial charge in [0, 0.05) is 5.02 Å². The van der Waals surface area contributed by atoms with Gasteiger partial charge in [-0.3, -0.25) is 14.6 Å². The number of benzene rings is 2. The van der Waals surface area contributed by atoms with E-state index in [1.807, 2.05) is 6.07 Å². The minimum absolute atomic E-state index is 0.0683. The fourth-order valence-corrected chi connectivity index (χ4v) is 3.83. The maximum Gasteiger partial charge on any atom is 0.355 e. The number of fused-ring (bicyclic) bond motifs is 1. The molecule has 2 aromatic rings. The van der Waals surface area contributed by atoms with Gasteiger partial charge in [-0.2, -0.15) is 5.10 Å². The van der Waals surface area contributed by atoms with Crippen LogP contribution in [0.1, 0.15) is 12.5 Å². The molecule has 2 aliphatic heterocycles. The van der Waals surface area contributed by atoms with Crippen molar-refractivity contribution in [1.82, 2.24) is 0 Å². The van der Waals surface area contributed by atoms with E-state index in [-0.39, 0.29) is 12.3 Å². The Morgan fingerprint density at radius 1 is 1.10 bits per heavy atom. The number of hydrazone groups is 1. The van der Waals surface area contributed by atoms with Crippen LogP contribution in [0.2, 0.25) is 5.02 Å². The zero-order chi connectivity index (χ0) is 20.7. The van der Waals surface area contributed by atoms with E-state index in [2.05, 4.69) is 5.10 Å².